The first-order valence-electron chi connectivity index (χ1n) is 7.12. The molecule has 1 atom stereocenters. The summed E-state index contributed by atoms with van der Waals surface area (Å²) in [6, 6.07) is 0.312. The first-order chi connectivity index (χ1) is 9.10. The van der Waals surface area contributed by atoms with Crippen LogP contribution >= 0.6 is 0 Å². The number of nitrogens with one attached hydrogen (secondary N) is 1. The van der Waals surface area contributed by atoms with Crippen molar-refractivity contribution in [1.82, 2.24) is 20.0 Å². The van der Waals surface area contributed by atoms with Crippen molar-refractivity contribution in [1.29, 1.82) is 0 Å². The molecule has 0 radical (unpaired) electrons. The van der Waals surface area contributed by atoms with E-state index in [1.165, 1.54) is 5.56 Å². The van der Waals surface area contributed by atoms with Gasteiger partial charge in [-0.15, -0.1) is 0 Å². The Kier molecular flexibility index (Phi) is 4.58. The van der Waals surface area contributed by atoms with E-state index in [2.05, 4.69) is 30.5 Å². The van der Waals surface area contributed by atoms with Gasteiger partial charge < -0.3 is 10.2 Å². The summed E-state index contributed by atoms with van der Waals surface area (Å²) in [6.07, 6.45) is 4.75. The molecular formula is C14H24N4O. The number of hydrogen-bond donors (Lipinski definition) is 1. The van der Waals surface area contributed by atoms with Crippen LogP contribution < -0.4 is 5.32 Å². The number of aromatic nitrogens is 2. The van der Waals surface area contributed by atoms with Crippen LogP contribution in [0.2, 0.25) is 0 Å². The third-order valence-electron chi connectivity index (χ3n) is 3.63. The molecule has 0 aromatic carbocycles. The van der Waals surface area contributed by atoms with Crippen molar-refractivity contribution >= 4 is 5.91 Å². The molecule has 0 bridgehead atoms. The van der Waals surface area contributed by atoms with Gasteiger partial charge in [0.15, 0.2) is 0 Å². The van der Waals surface area contributed by atoms with Gasteiger partial charge in [0.25, 0.3) is 0 Å². The molecule has 1 saturated heterocycles. The fraction of sp³-hybridized carbons (Fsp3) is 0.714. The van der Waals surface area contributed by atoms with Crippen LogP contribution in [-0.4, -0.2) is 39.7 Å². The van der Waals surface area contributed by atoms with E-state index in [9.17, 15) is 4.79 Å². The Morgan fingerprint density at radius 2 is 2.32 bits per heavy atom. The normalized spacial score (nSPS) is 17.2. The van der Waals surface area contributed by atoms with E-state index in [1.54, 1.807) is 0 Å². The SMILES string of the molecule is CCc1nn(C)cc1CNC(C)CN1CCCC1=O. The molecule has 1 aliphatic heterocycles. The Balaban J connectivity index is 1.82. The lowest BCUT2D eigenvalue weighted by molar-refractivity contribution is -0.127. The summed E-state index contributed by atoms with van der Waals surface area (Å²) in [4.78, 5) is 13.5. The Labute approximate surface area is 115 Å². The highest BCUT2D eigenvalue weighted by Crippen LogP contribution is 2.11. The van der Waals surface area contributed by atoms with Gasteiger partial charge in [-0.25, -0.2) is 0 Å². The van der Waals surface area contributed by atoms with Crippen molar-refractivity contribution in [2.45, 2.75) is 45.7 Å². The Hall–Kier alpha value is -1.36. The number of carbonyl (C=O) groups excluding carboxylic acids is 1. The number of aryl methyl sites for hydroxylation is 2. The third kappa shape index (κ3) is 3.56. The molecule has 2 heterocycles. The highest BCUT2D eigenvalue weighted by Gasteiger charge is 2.21. The second-order valence-corrected chi connectivity index (χ2v) is 5.35. The van der Waals surface area contributed by atoms with Crippen LogP contribution in [0, 0.1) is 0 Å². The maximum absolute atomic E-state index is 11.6. The quantitative estimate of drug-likeness (QED) is 0.836. The zero-order chi connectivity index (χ0) is 13.8. The lowest BCUT2D eigenvalue weighted by atomic mass is 10.2. The molecule has 106 valence electrons. The maximum Gasteiger partial charge on any atom is 0.222 e. The standard InChI is InChI=1S/C14H24N4O/c1-4-13-12(10-17(3)16-13)8-15-11(2)9-18-7-5-6-14(18)19/h10-11,15H,4-9H2,1-3H3. The number of amides is 1. The van der Waals surface area contributed by atoms with Crippen LogP contribution in [0.4, 0.5) is 0 Å². The van der Waals surface area contributed by atoms with Crippen LogP contribution in [0.1, 0.15) is 37.9 Å². The Morgan fingerprint density at radius 3 is 2.95 bits per heavy atom. The molecule has 2 rings (SSSR count). The number of carbonyl (C=O) groups is 1. The van der Waals surface area contributed by atoms with E-state index < -0.39 is 0 Å². The van der Waals surface area contributed by atoms with Gasteiger partial charge in [-0.1, -0.05) is 6.92 Å². The summed E-state index contributed by atoms with van der Waals surface area (Å²) in [5, 5.41) is 7.92. The van der Waals surface area contributed by atoms with Gasteiger partial charge in [0.05, 0.1) is 5.69 Å². The largest absolute Gasteiger partial charge is 0.341 e. The van der Waals surface area contributed by atoms with Gasteiger partial charge in [-0.2, -0.15) is 5.10 Å². The van der Waals surface area contributed by atoms with Crippen LogP contribution in [0.15, 0.2) is 6.20 Å². The van der Waals surface area contributed by atoms with Crippen molar-refractivity contribution in [2.75, 3.05) is 13.1 Å². The summed E-state index contributed by atoms with van der Waals surface area (Å²) in [6.45, 7) is 6.80. The second-order valence-electron chi connectivity index (χ2n) is 5.35. The Morgan fingerprint density at radius 1 is 1.53 bits per heavy atom. The molecular weight excluding hydrogens is 240 g/mol. The minimum absolute atomic E-state index is 0.296. The van der Waals surface area contributed by atoms with Crippen LogP contribution in [0.3, 0.4) is 0 Å². The summed E-state index contributed by atoms with van der Waals surface area (Å²) >= 11 is 0. The predicted octanol–water partition coefficient (Wildman–Crippen LogP) is 1.08. The van der Waals surface area contributed by atoms with Crippen molar-refractivity contribution in [3.8, 4) is 0 Å². The summed E-state index contributed by atoms with van der Waals surface area (Å²) in [7, 11) is 1.95. The molecule has 1 fully saturated rings. The molecule has 1 aromatic heterocycles. The van der Waals surface area contributed by atoms with Crippen LogP contribution in [0.25, 0.3) is 0 Å². The van der Waals surface area contributed by atoms with Crippen molar-refractivity contribution in [3.05, 3.63) is 17.5 Å². The average Bonchev–Trinajstić information content (AvgIpc) is 2.93. The molecule has 0 aliphatic carbocycles. The van der Waals surface area contributed by atoms with E-state index in [1.807, 2.05) is 16.6 Å². The number of rotatable bonds is 6. The molecule has 0 spiro atoms. The highest BCUT2D eigenvalue weighted by atomic mass is 16.2. The van der Waals surface area contributed by atoms with Gasteiger partial charge in [0.2, 0.25) is 5.91 Å². The molecule has 5 nitrogen and oxygen atoms in total. The van der Waals surface area contributed by atoms with Gasteiger partial charge in [-0.05, 0) is 19.8 Å². The zero-order valence-electron chi connectivity index (χ0n) is 12.1. The molecule has 5 heteroatoms. The monoisotopic (exact) mass is 264 g/mol. The lowest BCUT2D eigenvalue weighted by Crippen LogP contribution is -2.39. The van der Waals surface area contributed by atoms with E-state index in [0.717, 1.165) is 44.6 Å². The molecule has 1 aliphatic rings. The van der Waals surface area contributed by atoms with Gasteiger partial charge in [0, 0.05) is 50.9 Å². The van der Waals surface area contributed by atoms with Crippen molar-refractivity contribution in [3.63, 3.8) is 0 Å². The van der Waals surface area contributed by atoms with E-state index in [4.69, 9.17) is 0 Å². The van der Waals surface area contributed by atoms with E-state index in [-0.39, 0.29) is 0 Å². The van der Waals surface area contributed by atoms with Gasteiger partial charge in [-0.3, -0.25) is 9.48 Å². The molecule has 1 aromatic rings. The predicted molar refractivity (Wildman–Crippen MR) is 74.7 cm³/mol. The highest BCUT2D eigenvalue weighted by molar-refractivity contribution is 5.78. The zero-order valence-corrected chi connectivity index (χ0v) is 12.1. The summed E-state index contributed by atoms with van der Waals surface area (Å²) in [5.41, 5.74) is 2.41. The van der Waals surface area contributed by atoms with E-state index >= 15 is 0 Å². The lowest BCUT2D eigenvalue weighted by Gasteiger charge is -2.21. The smallest absolute Gasteiger partial charge is 0.222 e. The Bertz CT molecular complexity index is 441. The van der Waals surface area contributed by atoms with Crippen LogP contribution in [0.5, 0.6) is 0 Å². The minimum atomic E-state index is 0.296. The maximum atomic E-state index is 11.6. The first-order valence-corrected chi connectivity index (χ1v) is 7.12. The van der Waals surface area contributed by atoms with Crippen molar-refractivity contribution in [2.24, 2.45) is 7.05 Å². The van der Waals surface area contributed by atoms with Crippen LogP contribution in [-0.2, 0) is 24.8 Å². The topological polar surface area (TPSA) is 50.2 Å². The fourth-order valence-corrected chi connectivity index (χ4v) is 2.61. The van der Waals surface area contributed by atoms with Crippen molar-refractivity contribution < 1.29 is 4.79 Å². The molecule has 1 unspecified atom stereocenters. The molecule has 19 heavy (non-hydrogen) atoms. The van der Waals surface area contributed by atoms with E-state index in [0.29, 0.717) is 11.9 Å². The molecule has 0 saturated carbocycles. The summed E-state index contributed by atoms with van der Waals surface area (Å²) < 4.78 is 1.87. The number of likely N-dealkylation sites (tertiary alicyclic amines) is 1. The first kappa shape index (κ1) is 14.1. The average molecular weight is 264 g/mol. The fourth-order valence-electron chi connectivity index (χ4n) is 2.61. The molecule has 1 N–H and O–H groups in total. The van der Waals surface area contributed by atoms with Gasteiger partial charge >= 0.3 is 0 Å². The molecule has 1 amide bonds. The number of nitrogens with zero attached hydrogens (tertiary/aromatic N) is 3. The summed E-state index contributed by atoms with van der Waals surface area (Å²) in [5.74, 6) is 0.296. The minimum Gasteiger partial charge on any atom is -0.341 e. The number of hydrogen-bond acceptors (Lipinski definition) is 3. The van der Waals surface area contributed by atoms with Gasteiger partial charge in [0.1, 0.15) is 0 Å². The second kappa shape index (κ2) is 6.19. The third-order valence-corrected chi connectivity index (χ3v) is 3.63.